The maximum atomic E-state index is 12.9. The van der Waals surface area contributed by atoms with Gasteiger partial charge in [0, 0.05) is 18.7 Å². The molecule has 1 amide bonds. The largest absolute Gasteiger partial charge is 0.339 e. The smallest absolute Gasteiger partial charge is 0.253 e. The predicted octanol–water partition coefficient (Wildman–Crippen LogP) is 7.89. The molecular formula is C31H43NO. The van der Waals surface area contributed by atoms with Crippen LogP contribution in [0.2, 0.25) is 0 Å². The Balaban J connectivity index is 1.14. The number of carbonyl (C=O) groups is 1. The third-order valence-corrected chi connectivity index (χ3v) is 10.3. The fourth-order valence-electron chi connectivity index (χ4n) is 8.21. The number of hydrogen-bond donors (Lipinski definition) is 0. The van der Waals surface area contributed by atoms with Crippen LogP contribution in [0.25, 0.3) is 0 Å². The summed E-state index contributed by atoms with van der Waals surface area (Å²) in [5.41, 5.74) is 6.24. The third kappa shape index (κ3) is 4.44. The van der Waals surface area contributed by atoms with Gasteiger partial charge in [-0.2, -0.15) is 0 Å². The van der Waals surface area contributed by atoms with Gasteiger partial charge >= 0.3 is 0 Å². The van der Waals surface area contributed by atoms with Crippen LogP contribution in [0, 0.1) is 23.7 Å². The maximum absolute atomic E-state index is 12.9. The number of carbonyl (C=O) groups excluding carboxylic acids is 1. The summed E-state index contributed by atoms with van der Waals surface area (Å²) >= 11 is 0. The third-order valence-electron chi connectivity index (χ3n) is 10.3. The molecule has 3 fully saturated rings. The van der Waals surface area contributed by atoms with Crippen LogP contribution in [0.1, 0.15) is 118 Å². The summed E-state index contributed by atoms with van der Waals surface area (Å²) in [6, 6.07) is 8.83. The number of fused-ring (bicyclic) bond motifs is 4. The minimum Gasteiger partial charge on any atom is -0.339 e. The quantitative estimate of drug-likeness (QED) is 0.433. The molecule has 0 N–H and O–H groups in total. The van der Waals surface area contributed by atoms with Crippen molar-refractivity contribution in [1.82, 2.24) is 4.90 Å². The molecule has 1 heterocycles. The predicted molar refractivity (Wildman–Crippen MR) is 135 cm³/mol. The van der Waals surface area contributed by atoms with Crippen LogP contribution < -0.4 is 0 Å². The first-order valence-electron chi connectivity index (χ1n) is 14.4. The number of benzene rings is 1. The van der Waals surface area contributed by atoms with Gasteiger partial charge < -0.3 is 4.90 Å². The first-order valence-corrected chi connectivity index (χ1v) is 14.4. The molecule has 0 spiro atoms. The Bertz CT molecular complexity index is 873. The molecular weight excluding hydrogens is 402 g/mol. The van der Waals surface area contributed by atoms with Crippen LogP contribution in [0.4, 0.5) is 0 Å². The Labute approximate surface area is 201 Å². The zero-order chi connectivity index (χ0) is 22.2. The highest BCUT2D eigenvalue weighted by molar-refractivity contribution is 5.94. The van der Waals surface area contributed by atoms with Crippen molar-refractivity contribution in [2.45, 2.75) is 102 Å². The van der Waals surface area contributed by atoms with Crippen molar-refractivity contribution in [1.29, 1.82) is 0 Å². The summed E-state index contributed by atoms with van der Waals surface area (Å²) in [7, 11) is 0. The van der Waals surface area contributed by atoms with E-state index in [2.05, 4.69) is 29.2 Å². The van der Waals surface area contributed by atoms with Gasteiger partial charge in [-0.3, -0.25) is 4.79 Å². The van der Waals surface area contributed by atoms with Gasteiger partial charge in [0.1, 0.15) is 0 Å². The SMILES string of the molecule is O=C(c1ccc(C2CCC3C4CCCC(=C(C5CCC5)C4)CCC3C2)cc1)N1CCCCC1. The molecule has 2 bridgehead atoms. The van der Waals surface area contributed by atoms with Crippen LogP contribution in [-0.4, -0.2) is 23.9 Å². The van der Waals surface area contributed by atoms with Crippen LogP contribution in [0.5, 0.6) is 0 Å². The van der Waals surface area contributed by atoms with E-state index in [1.54, 1.807) is 0 Å². The lowest BCUT2D eigenvalue weighted by atomic mass is 9.62. The van der Waals surface area contributed by atoms with Crippen molar-refractivity contribution in [2.24, 2.45) is 23.7 Å². The average Bonchev–Trinajstić information content (AvgIpc) is 2.98. The normalized spacial score (nSPS) is 33.0. The van der Waals surface area contributed by atoms with E-state index in [0.29, 0.717) is 5.92 Å². The molecule has 0 aromatic heterocycles. The molecule has 2 nitrogen and oxygen atoms in total. The molecule has 2 saturated carbocycles. The van der Waals surface area contributed by atoms with Crippen molar-refractivity contribution in [2.75, 3.05) is 13.1 Å². The Morgan fingerprint density at radius 1 is 0.727 bits per heavy atom. The molecule has 2 heteroatoms. The molecule has 178 valence electrons. The fourth-order valence-corrected chi connectivity index (χ4v) is 8.21. The lowest BCUT2D eigenvalue weighted by Gasteiger charge is -2.43. The molecule has 1 saturated heterocycles. The van der Waals surface area contributed by atoms with Crippen molar-refractivity contribution in [3.63, 3.8) is 0 Å². The molecule has 4 unspecified atom stereocenters. The monoisotopic (exact) mass is 445 g/mol. The zero-order valence-electron chi connectivity index (χ0n) is 20.6. The number of rotatable bonds is 3. The summed E-state index contributed by atoms with van der Waals surface area (Å²) in [5, 5.41) is 0. The van der Waals surface area contributed by atoms with Gasteiger partial charge in [0.2, 0.25) is 0 Å². The van der Waals surface area contributed by atoms with Gasteiger partial charge in [-0.05, 0) is 137 Å². The zero-order valence-corrected chi connectivity index (χ0v) is 20.6. The number of allylic oxidation sites excluding steroid dienone is 2. The summed E-state index contributed by atoms with van der Waals surface area (Å²) in [6.45, 7) is 1.87. The van der Waals surface area contributed by atoms with Gasteiger partial charge in [-0.25, -0.2) is 0 Å². The van der Waals surface area contributed by atoms with E-state index >= 15 is 0 Å². The van der Waals surface area contributed by atoms with Gasteiger partial charge in [-0.15, -0.1) is 0 Å². The summed E-state index contributed by atoms with van der Waals surface area (Å²) in [4.78, 5) is 14.9. The minimum absolute atomic E-state index is 0.243. The van der Waals surface area contributed by atoms with E-state index < -0.39 is 0 Å². The molecule has 0 radical (unpaired) electrons. The molecule has 33 heavy (non-hydrogen) atoms. The van der Waals surface area contributed by atoms with E-state index in [-0.39, 0.29) is 5.91 Å². The van der Waals surface area contributed by atoms with Gasteiger partial charge in [-0.1, -0.05) is 29.7 Å². The van der Waals surface area contributed by atoms with Gasteiger partial charge in [0.15, 0.2) is 0 Å². The number of nitrogens with zero attached hydrogens (tertiary/aromatic N) is 1. The van der Waals surface area contributed by atoms with E-state index in [1.165, 1.54) is 89.0 Å². The summed E-state index contributed by atoms with van der Waals surface area (Å²) in [6.07, 6.45) is 20.9. The lowest BCUT2D eigenvalue weighted by Crippen LogP contribution is -2.35. The van der Waals surface area contributed by atoms with Gasteiger partial charge in [0.25, 0.3) is 5.91 Å². The molecule has 4 atom stereocenters. The Hall–Kier alpha value is -1.57. The van der Waals surface area contributed by atoms with E-state index in [9.17, 15) is 4.79 Å². The Kier molecular flexibility index (Phi) is 6.37. The highest BCUT2D eigenvalue weighted by atomic mass is 16.2. The molecule has 1 aliphatic heterocycles. The minimum atomic E-state index is 0.243. The molecule has 4 aliphatic carbocycles. The fraction of sp³-hybridized carbons (Fsp3) is 0.710. The first-order chi connectivity index (χ1) is 16.3. The number of hydrogen-bond acceptors (Lipinski definition) is 1. The topological polar surface area (TPSA) is 20.3 Å². The number of amides is 1. The van der Waals surface area contributed by atoms with Crippen molar-refractivity contribution in [3.05, 3.63) is 46.5 Å². The van der Waals surface area contributed by atoms with Crippen LogP contribution in [0.3, 0.4) is 0 Å². The van der Waals surface area contributed by atoms with Crippen LogP contribution in [-0.2, 0) is 0 Å². The van der Waals surface area contributed by atoms with E-state index in [4.69, 9.17) is 0 Å². The highest BCUT2D eigenvalue weighted by Crippen LogP contribution is 2.53. The molecule has 5 aliphatic rings. The highest BCUT2D eigenvalue weighted by Gasteiger charge is 2.40. The van der Waals surface area contributed by atoms with Crippen molar-refractivity contribution >= 4 is 5.91 Å². The van der Waals surface area contributed by atoms with E-state index in [1.807, 2.05) is 11.1 Å². The Morgan fingerprint density at radius 3 is 2.30 bits per heavy atom. The molecule has 1 aromatic carbocycles. The maximum Gasteiger partial charge on any atom is 0.253 e. The number of likely N-dealkylation sites (tertiary alicyclic amines) is 1. The van der Waals surface area contributed by atoms with Crippen molar-refractivity contribution < 1.29 is 4.79 Å². The second kappa shape index (κ2) is 9.59. The van der Waals surface area contributed by atoms with Crippen molar-refractivity contribution in [3.8, 4) is 0 Å². The van der Waals surface area contributed by atoms with Crippen LogP contribution >= 0.6 is 0 Å². The van der Waals surface area contributed by atoms with Gasteiger partial charge in [0.05, 0.1) is 0 Å². The first kappa shape index (κ1) is 21.9. The summed E-state index contributed by atoms with van der Waals surface area (Å²) < 4.78 is 0. The second-order valence-corrected chi connectivity index (χ2v) is 12.1. The lowest BCUT2D eigenvalue weighted by molar-refractivity contribution is 0.0724. The summed E-state index contributed by atoms with van der Waals surface area (Å²) in [5.74, 6) is 4.77. The van der Waals surface area contributed by atoms with Crippen LogP contribution in [0.15, 0.2) is 35.4 Å². The number of piperidine rings is 1. The second-order valence-electron chi connectivity index (χ2n) is 12.1. The van der Waals surface area contributed by atoms with E-state index in [0.717, 1.165) is 55.2 Å². The average molecular weight is 446 g/mol. The molecule has 6 rings (SSSR count). The molecule has 1 aromatic rings. The Morgan fingerprint density at radius 2 is 1.55 bits per heavy atom. The standard InChI is InChI=1S/C31H43NO/c33-31(32-18-2-1-3-19-32)25-13-10-22(11-14-25)26-16-17-29-27-9-5-8-24(12-15-28(29)20-26)30(21-27)23-6-4-7-23/h10-11,13-14,23,26-29H,1-9,12,15-21H2.